The second-order valence-corrected chi connectivity index (χ2v) is 6.40. The number of hydrogen-bond donors (Lipinski definition) is 2. The molecule has 4 heteroatoms. The van der Waals surface area contributed by atoms with E-state index in [-0.39, 0.29) is 6.03 Å². The van der Waals surface area contributed by atoms with Crippen molar-refractivity contribution in [1.29, 1.82) is 0 Å². The van der Waals surface area contributed by atoms with Crippen molar-refractivity contribution in [3.63, 3.8) is 0 Å². The zero-order valence-electron chi connectivity index (χ0n) is 12.5. The Kier molecular flexibility index (Phi) is 8.96. The van der Waals surface area contributed by atoms with Crippen LogP contribution in [-0.2, 0) is 0 Å². The quantitative estimate of drug-likeness (QED) is 0.535. The van der Waals surface area contributed by atoms with Crippen LogP contribution in [0.3, 0.4) is 0 Å². The lowest BCUT2D eigenvalue weighted by molar-refractivity contribution is 0.240. The summed E-state index contributed by atoms with van der Waals surface area (Å²) in [6.45, 7) is 5.90. The van der Waals surface area contributed by atoms with Gasteiger partial charge in [0.25, 0.3) is 0 Å². The van der Waals surface area contributed by atoms with Crippen molar-refractivity contribution in [3.05, 3.63) is 30.3 Å². The fourth-order valence-corrected chi connectivity index (χ4v) is 2.63. The molecule has 0 aliphatic heterocycles. The van der Waals surface area contributed by atoms with E-state index < -0.39 is 0 Å². The summed E-state index contributed by atoms with van der Waals surface area (Å²) in [6, 6.07) is 10.3. The highest BCUT2D eigenvalue weighted by atomic mass is 32.2. The maximum Gasteiger partial charge on any atom is 0.314 e. The van der Waals surface area contributed by atoms with Crippen LogP contribution in [0.15, 0.2) is 35.2 Å². The van der Waals surface area contributed by atoms with Gasteiger partial charge in [-0.3, -0.25) is 0 Å². The van der Waals surface area contributed by atoms with E-state index in [1.165, 1.54) is 4.90 Å². The number of carbonyl (C=O) groups is 1. The van der Waals surface area contributed by atoms with Crippen LogP contribution in [0.4, 0.5) is 4.79 Å². The molecule has 2 N–H and O–H groups in total. The largest absolute Gasteiger partial charge is 0.338 e. The van der Waals surface area contributed by atoms with Crippen LogP contribution in [0.1, 0.15) is 33.1 Å². The molecule has 0 saturated carbocycles. The van der Waals surface area contributed by atoms with Gasteiger partial charge in [-0.2, -0.15) is 0 Å². The molecule has 0 radical (unpaired) electrons. The molecule has 0 bridgehead atoms. The van der Waals surface area contributed by atoms with Crippen LogP contribution in [-0.4, -0.2) is 24.9 Å². The normalized spacial score (nSPS) is 10.6. The molecule has 0 atom stereocenters. The van der Waals surface area contributed by atoms with Gasteiger partial charge in [-0.1, -0.05) is 32.0 Å². The molecule has 0 aromatic heterocycles. The summed E-state index contributed by atoms with van der Waals surface area (Å²) in [5, 5.41) is 5.78. The van der Waals surface area contributed by atoms with Gasteiger partial charge in [0.1, 0.15) is 0 Å². The fraction of sp³-hybridized carbons (Fsp3) is 0.562. The van der Waals surface area contributed by atoms with Crippen LogP contribution in [0.2, 0.25) is 0 Å². The van der Waals surface area contributed by atoms with Gasteiger partial charge in [0.2, 0.25) is 0 Å². The van der Waals surface area contributed by atoms with E-state index in [4.69, 9.17) is 0 Å². The van der Waals surface area contributed by atoms with E-state index >= 15 is 0 Å². The molecule has 1 rings (SSSR count). The van der Waals surface area contributed by atoms with Crippen LogP contribution in [0, 0.1) is 5.92 Å². The maximum atomic E-state index is 11.5. The number of amides is 2. The molecule has 0 aliphatic rings. The first kappa shape index (κ1) is 16.9. The Balaban J connectivity index is 1.94. The Hall–Kier alpha value is -1.16. The van der Waals surface area contributed by atoms with E-state index in [0.717, 1.165) is 38.1 Å². The van der Waals surface area contributed by atoms with Gasteiger partial charge in [0.15, 0.2) is 0 Å². The fourth-order valence-electron chi connectivity index (χ4n) is 1.76. The number of rotatable bonds is 9. The molecule has 112 valence electrons. The Bertz CT molecular complexity index is 368. The molecule has 1 aromatic rings. The van der Waals surface area contributed by atoms with Crippen LogP contribution in [0.5, 0.6) is 0 Å². The van der Waals surface area contributed by atoms with Crippen molar-refractivity contribution in [2.24, 2.45) is 5.92 Å². The van der Waals surface area contributed by atoms with Gasteiger partial charge in [0, 0.05) is 18.0 Å². The molecule has 0 unspecified atom stereocenters. The number of benzene rings is 1. The minimum Gasteiger partial charge on any atom is -0.338 e. The lowest BCUT2D eigenvalue weighted by Gasteiger charge is -2.08. The Morgan fingerprint density at radius 1 is 1.10 bits per heavy atom. The van der Waals surface area contributed by atoms with Crippen molar-refractivity contribution >= 4 is 17.8 Å². The highest BCUT2D eigenvalue weighted by Crippen LogP contribution is 2.17. The predicted molar refractivity (Wildman–Crippen MR) is 87.3 cm³/mol. The van der Waals surface area contributed by atoms with Crippen LogP contribution in [0.25, 0.3) is 0 Å². The summed E-state index contributed by atoms with van der Waals surface area (Å²) in [7, 11) is 0. The summed E-state index contributed by atoms with van der Waals surface area (Å²) in [5.74, 6) is 1.73. The molecular weight excluding hydrogens is 268 g/mol. The molecule has 1 aromatic carbocycles. The van der Waals surface area contributed by atoms with E-state index in [2.05, 4.69) is 36.6 Å². The van der Waals surface area contributed by atoms with Crippen molar-refractivity contribution in [3.8, 4) is 0 Å². The number of urea groups is 1. The smallest absolute Gasteiger partial charge is 0.314 e. The average molecular weight is 294 g/mol. The van der Waals surface area contributed by atoms with Crippen molar-refractivity contribution < 1.29 is 4.79 Å². The molecule has 3 nitrogen and oxygen atoms in total. The molecule has 0 fully saturated rings. The summed E-state index contributed by atoms with van der Waals surface area (Å²) in [6.07, 6.45) is 3.20. The van der Waals surface area contributed by atoms with Gasteiger partial charge < -0.3 is 10.6 Å². The van der Waals surface area contributed by atoms with Crippen molar-refractivity contribution in [2.75, 3.05) is 18.8 Å². The van der Waals surface area contributed by atoms with E-state index in [0.29, 0.717) is 5.92 Å². The zero-order valence-corrected chi connectivity index (χ0v) is 13.3. The third-order valence-electron chi connectivity index (χ3n) is 2.86. The summed E-state index contributed by atoms with van der Waals surface area (Å²) < 4.78 is 0. The maximum absolute atomic E-state index is 11.5. The topological polar surface area (TPSA) is 41.1 Å². The van der Waals surface area contributed by atoms with E-state index in [9.17, 15) is 4.79 Å². The standard InChI is InChI=1S/C16H26N2OS/c1-14(2)8-6-11-17-16(19)18-12-7-13-20-15-9-4-3-5-10-15/h3-5,9-10,14H,6-8,11-13H2,1-2H3,(H2,17,18,19). The second kappa shape index (κ2) is 10.6. The van der Waals surface area contributed by atoms with Crippen LogP contribution >= 0.6 is 11.8 Å². The minimum absolute atomic E-state index is 0.0431. The number of nitrogens with one attached hydrogen (secondary N) is 2. The highest BCUT2D eigenvalue weighted by Gasteiger charge is 2.00. The summed E-state index contributed by atoms with van der Waals surface area (Å²) in [4.78, 5) is 12.8. The van der Waals surface area contributed by atoms with Gasteiger partial charge >= 0.3 is 6.03 Å². The van der Waals surface area contributed by atoms with Crippen molar-refractivity contribution in [1.82, 2.24) is 10.6 Å². The zero-order chi connectivity index (χ0) is 14.6. The van der Waals surface area contributed by atoms with E-state index in [1.54, 1.807) is 0 Å². The SMILES string of the molecule is CC(C)CCCNC(=O)NCCCSc1ccccc1. The lowest BCUT2D eigenvalue weighted by atomic mass is 10.1. The number of thioether (sulfide) groups is 1. The highest BCUT2D eigenvalue weighted by molar-refractivity contribution is 7.99. The van der Waals surface area contributed by atoms with E-state index in [1.807, 2.05) is 30.0 Å². The third kappa shape index (κ3) is 8.86. The Morgan fingerprint density at radius 3 is 2.40 bits per heavy atom. The molecule has 2 amide bonds. The lowest BCUT2D eigenvalue weighted by Crippen LogP contribution is -2.36. The van der Waals surface area contributed by atoms with Gasteiger partial charge in [-0.15, -0.1) is 11.8 Å². The molecule has 0 saturated heterocycles. The Morgan fingerprint density at radius 2 is 1.75 bits per heavy atom. The first-order valence-electron chi connectivity index (χ1n) is 7.38. The average Bonchev–Trinajstić information content (AvgIpc) is 2.44. The molecule has 0 heterocycles. The van der Waals surface area contributed by atoms with Crippen LogP contribution < -0.4 is 10.6 Å². The first-order chi connectivity index (χ1) is 9.68. The third-order valence-corrected chi connectivity index (χ3v) is 3.96. The first-order valence-corrected chi connectivity index (χ1v) is 8.36. The molecule has 0 aliphatic carbocycles. The molecular formula is C16H26N2OS. The second-order valence-electron chi connectivity index (χ2n) is 5.23. The molecule has 0 spiro atoms. The minimum atomic E-state index is -0.0431. The van der Waals surface area contributed by atoms with Gasteiger partial charge in [-0.05, 0) is 43.1 Å². The summed E-state index contributed by atoms with van der Waals surface area (Å²) >= 11 is 1.83. The number of hydrogen-bond acceptors (Lipinski definition) is 2. The predicted octanol–water partition coefficient (Wildman–Crippen LogP) is 3.90. The van der Waals surface area contributed by atoms with Gasteiger partial charge in [-0.25, -0.2) is 4.79 Å². The van der Waals surface area contributed by atoms with Crippen molar-refractivity contribution in [2.45, 2.75) is 38.0 Å². The Labute approximate surface area is 126 Å². The number of carbonyl (C=O) groups excluding carboxylic acids is 1. The van der Waals surface area contributed by atoms with Gasteiger partial charge in [0.05, 0.1) is 0 Å². The summed E-state index contributed by atoms with van der Waals surface area (Å²) in [5.41, 5.74) is 0. The monoisotopic (exact) mass is 294 g/mol. The molecule has 20 heavy (non-hydrogen) atoms.